The van der Waals surface area contributed by atoms with Crippen molar-refractivity contribution in [2.45, 2.75) is 44.3 Å². The summed E-state index contributed by atoms with van der Waals surface area (Å²) in [4.78, 5) is 12.0. The summed E-state index contributed by atoms with van der Waals surface area (Å²) in [7, 11) is 0. The topological polar surface area (TPSA) is 80.0 Å². The number of benzene rings is 2. The van der Waals surface area contributed by atoms with Crippen molar-refractivity contribution in [3.05, 3.63) is 58.1 Å². The van der Waals surface area contributed by atoms with Crippen LogP contribution in [0.1, 0.15) is 47.7 Å². The number of fused-ring (bicyclic) bond motifs is 1. The molecule has 2 N–H and O–H groups in total. The van der Waals surface area contributed by atoms with Crippen LogP contribution in [-0.4, -0.2) is 38.7 Å². The molecular weight excluding hydrogens is 418 g/mol. The van der Waals surface area contributed by atoms with Crippen molar-refractivity contribution in [3.8, 4) is 5.75 Å². The molecule has 7 heteroatoms. The van der Waals surface area contributed by atoms with Crippen LogP contribution in [0.5, 0.6) is 5.75 Å². The van der Waals surface area contributed by atoms with Crippen LogP contribution < -0.4 is 10.5 Å². The molecule has 0 spiro atoms. The van der Waals surface area contributed by atoms with Gasteiger partial charge in [0.25, 0.3) is 0 Å². The molecule has 1 saturated heterocycles. The molecule has 1 fully saturated rings. The Kier molecular flexibility index (Phi) is 6.70. The van der Waals surface area contributed by atoms with Gasteiger partial charge in [0.05, 0.1) is 36.5 Å². The molecule has 0 amide bonds. The van der Waals surface area contributed by atoms with E-state index in [9.17, 15) is 4.79 Å². The molecule has 2 aromatic rings. The minimum atomic E-state index is -0.467. The summed E-state index contributed by atoms with van der Waals surface area (Å²) in [6.45, 7) is 3.74. The largest absolute Gasteiger partial charge is 0.490 e. The highest BCUT2D eigenvalue weighted by atomic mass is 35.5. The Morgan fingerprint density at radius 2 is 2.00 bits per heavy atom. The molecule has 0 aromatic heterocycles. The average molecular weight is 446 g/mol. The summed E-state index contributed by atoms with van der Waals surface area (Å²) in [5.74, 6) is 0.114. The van der Waals surface area contributed by atoms with Gasteiger partial charge < -0.3 is 24.7 Å². The van der Waals surface area contributed by atoms with E-state index in [1.807, 2.05) is 12.1 Å². The number of hydrogen-bond acceptors (Lipinski definition) is 6. The molecule has 1 atom stereocenters. The van der Waals surface area contributed by atoms with Gasteiger partial charge in [0.2, 0.25) is 0 Å². The minimum Gasteiger partial charge on any atom is -0.490 e. The van der Waals surface area contributed by atoms with Crippen LogP contribution in [0.3, 0.4) is 0 Å². The third kappa shape index (κ3) is 4.52. The SMILES string of the molecule is CCOC(=O)c1ccc(OC[C@@]2(C3OCCCO3)CCCc3cc(Cl)ccc32)c(N)c1. The first-order valence-corrected chi connectivity index (χ1v) is 11.1. The molecule has 166 valence electrons. The number of nitrogens with two attached hydrogens (primary N) is 1. The summed E-state index contributed by atoms with van der Waals surface area (Å²) in [6, 6.07) is 11.0. The number of aryl methyl sites for hydroxylation is 1. The zero-order valence-corrected chi connectivity index (χ0v) is 18.5. The molecule has 2 aliphatic rings. The van der Waals surface area contributed by atoms with E-state index >= 15 is 0 Å². The molecule has 1 heterocycles. The maximum absolute atomic E-state index is 12.0. The normalized spacial score (nSPS) is 21.4. The standard InChI is InChI=1S/C24H28ClNO5/c1-2-28-22(27)17-6-9-21(20(26)14-17)31-15-24(23-29-11-4-12-30-23)10-3-5-16-13-18(25)7-8-19(16)24/h6-9,13-14,23H,2-5,10-12,15,26H2,1H3/t24-/m0/s1. The summed E-state index contributed by atoms with van der Waals surface area (Å²) >= 11 is 6.26. The van der Waals surface area contributed by atoms with E-state index in [1.165, 1.54) is 5.56 Å². The first-order chi connectivity index (χ1) is 15.0. The molecule has 0 unspecified atom stereocenters. The fourth-order valence-electron chi connectivity index (χ4n) is 4.48. The second-order valence-corrected chi connectivity index (χ2v) is 8.44. The quantitative estimate of drug-likeness (QED) is 0.520. The Morgan fingerprint density at radius 1 is 1.19 bits per heavy atom. The number of carbonyl (C=O) groups excluding carboxylic acids is 1. The molecule has 31 heavy (non-hydrogen) atoms. The zero-order chi connectivity index (χ0) is 21.8. The summed E-state index contributed by atoms with van der Waals surface area (Å²) in [5, 5.41) is 0.722. The molecule has 1 aliphatic heterocycles. The van der Waals surface area contributed by atoms with Crippen molar-refractivity contribution >= 4 is 23.3 Å². The number of hydrogen-bond donors (Lipinski definition) is 1. The lowest BCUT2D eigenvalue weighted by Crippen LogP contribution is -2.51. The maximum atomic E-state index is 12.0. The molecule has 4 rings (SSSR count). The lowest BCUT2D eigenvalue weighted by Gasteiger charge is -2.45. The van der Waals surface area contributed by atoms with Crippen LogP contribution >= 0.6 is 11.6 Å². The highest BCUT2D eigenvalue weighted by Crippen LogP contribution is 2.44. The second-order valence-electron chi connectivity index (χ2n) is 8.00. The lowest BCUT2D eigenvalue weighted by atomic mass is 9.69. The van der Waals surface area contributed by atoms with E-state index in [2.05, 4.69) is 6.07 Å². The molecule has 2 aromatic carbocycles. The Hall–Kier alpha value is -2.28. The number of carbonyl (C=O) groups is 1. The van der Waals surface area contributed by atoms with Crippen LogP contribution in [-0.2, 0) is 26.0 Å². The second kappa shape index (κ2) is 9.47. The Labute approximate surface area is 187 Å². The molecule has 0 bridgehead atoms. The number of halogens is 1. The van der Waals surface area contributed by atoms with Crippen molar-refractivity contribution < 1.29 is 23.7 Å². The van der Waals surface area contributed by atoms with Gasteiger partial charge in [0.15, 0.2) is 6.29 Å². The van der Waals surface area contributed by atoms with Crippen LogP contribution in [0.2, 0.25) is 5.02 Å². The van der Waals surface area contributed by atoms with Crippen LogP contribution in [0.4, 0.5) is 5.69 Å². The number of ether oxygens (including phenoxy) is 4. The van der Waals surface area contributed by atoms with E-state index in [-0.39, 0.29) is 0 Å². The van der Waals surface area contributed by atoms with Crippen LogP contribution in [0, 0.1) is 0 Å². The van der Waals surface area contributed by atoms with Crippen molar-refractivity contribution in [2.75, 3.05) is 32.2 Å². The van der Waals surface area contributed by atoms with Crippen LogP contribution in [0.15, 0.2) is 36.4 Å². The smallest absolute Gasteiger partial charge is 0.338 e. The van der Waals surface area contributed by atoms with Gasteiger partial charge in [0.1, 0.15) is 12.4 Å². The van der Waals surface area contributed by atoms with Crippen molar-refractivity contribution in [1.82, 2.24) is 0 Å². The van der Waals surface area contributed by atoms with Crippen LogP contribution in [0.25, 0.3) is 0 Å². The molecule has 1 aliphatic carbocycles. The maximum Gasteiger partial charge on any atom is 0.338 e. The summed E-state index contributed by atoms with van der Waals surface area (Å²) < 4.78 is 23.4. The van der Waals surface area contributed by atoms with Gasteiger partial charge in [-0.2, -0.15) is 0 Å². The first-order valence-electron chi connectivity index (χ1n) is 10.7. The van der Waals surface area contributed by atoms with Crippen molar-refractivity contribution in [3.63, 3.8) is 0 Å². The number of nitrogen functional groups attached to an aromatic ring is 1. The monoisotopic (exact) mass is 445 g/mol. The van der Waals surface area contributed by atoms with Gasteiger partial charge in [-0.1, -0.05) is 17.7 Å². The van der Waals surface area contributed by atoms with Gasteiger partial charge in [-0.25, -0.2) is 4.79 Å². The fraction of sp³-hybridized carbons (Fsp3) is 0.458. The third-order valence-electron chi connectivity index (χ3n) is 5.96. The molecule has 0 radical (unpaired) electrons. The summed E-state index contributed by atoms with van der Waals surface area (Å²) in [6.07, 6.45) is 3.29. The van der Waals surface area contributed by atoms with E-state index in [4.69, 9.17) is 36.3 Å². The predicted molar refractivity (Wildman–Crippen MR) is 119 cm³/mol. The molecular formula is C24H28ClNO5. The predicted octanol–water partition coefficient (Wildman–Crippen LogP) is 4.52. The number of rotatable bonds is 6. The minimum absolute atomic E-state index is 0.310. The highest BCUT2D eigenvalue weighted by Gasteiger charge is 2.47. The van der Waals surface area contributed by atoms with Gasteiger partial charge in [-0.05, 0) is 74.1 Å². The Bertz CT molecular complexity index is 944. The zero-order valence-electron chi connectivity index (χ0n) is 17.7. The number of anilines is 1. The van der Waals surface area contributed by atoms with Gasteiger partial charge in [-0.15, -0.1) is 0 Å². The Morgan fingerprint density at radius 3 is 2.74 bits per heavy atom. The van der Waals surface area contributed by atoms with E-state index in [0.29, 0.717) is 43.4 Å². The lowest BCUT2D eigenvalue weighted by molar-refractivity contribution is -0.222. The van der Waals surface area contributed by atoms with E-state index in [0.717, 1.165) is 36.3 Å². The van der Waals surface area contributed by atoms with Gasteiger partial charge in [0, 0.05) is 5.02 Å². The van der Waals surface area contributed by atoms with Crippen molar-refractivity contribution in [2.24, 2.45) is 0 Å². The van der Waals surface area contributed by atoms with Gasteiger partial charge >= 0.3 is 5.97 Å². The molecule has 0 saturated carbocycles. The highest BCUT2D eigenvalue weighted by molar-refractivity contribution is 6.30. The number of esters is 1. The molecule has 6 nitrogen and oxygen atoms in total. The Balaban J connectivity index is 1.62. The third-order valence-corrected chi connectivity index (χ3v) is 6.19. The fourth-order valence-corrected chi connectivity index (χ4v) is 4.68. The van der Waals surface area contributed by atoms with E-state index in [1.54, 1.807) is 25.1 Å². The van der Waals surface area contributed by atoms with E-state index < -0.39 is 17.7 Å². The van der Waals surface area contributed by atoms with Crippen molar-refractivity contribution in [1.29, 1.82) is 0 Å². The first kappa shape index (κ1) is 21.9. The van der Waals surface area contributed by atoms with Gasteiger partial charge in [-0.3, -0.25) is 0 Å². The summed E-state index contributed by atoms with van der Waals surface area (Å²) in [5.41, 5.74) is 8.86. The average Bonchev–Trinajstić information content (AvgIpc) is 2.78.